The van der Waals surface area contributed by atoms with Crippen LogP contribution in [-0.4, -0.2) is 58.4 Å². The van der Waals surface area contributed by atoms with Crippen LogP contribution in [-0.2, 0) is 0 Å². The topological polar surface area (TPSA) is 6.48 Å². The normalized spacial score (nSPS) is 11.9. The predicted molar refractivity (Wildman–Crippen MR) is 60.2 cm³/mol. The van der Waals surface area contributed by atoms with Crippen molar-refractivity contribution in [1.29, 1.82) is 0 Å². The Bertz CT molecular complexity index is 99.5. The maximum atomic E-state index is 2.86. The summed E-state index contributed by atoms with van der Waals surface area (Å²) in [7, 11) is 0. The third-order valence-electron chi connectivity index (χ3n) is 2.68. The molecule has 0 saturated heterocycles. The van der Waals surface area contributed by atoms with Gasteiger partial charge in [-0.3, -0.25) is 9.80 Å². The maximum Gasteiger partial charge on any atom is 0.122 e. The van der Waals surface area contributed by atoms with Gasteiger partial charge >= 0.3 is 0 Å². The molecule has 0 fully saturated rings. The molecule has 0 atom stereocenters. The Kier molecular flexibility index (Phi) is 8.09. The van der Waals surface area contributed by atoms with Crippen molar-refractivity contribution in [2.75, 3.05) is 26.2 Å². The van der Waals surface area contributed by atoms with Crippen LogP contribution in [0.15, 0.2) is 0 Å². The van der Waals surface area contributed by atoms with Gasteiger partial charge in [-0.2, -0.15) is 0 Å². The molecule has 0 aliphatic heterocycles. The summed E-state index contributed by atoms with van der Waals surface area (Å²) in [5.41, 5.74) is 0. The highest BCUT2D eigenvalue weighted by Gasteiger charge is 2.17. The van der Waals surface area contributed by atoms with E-state index >= 15 is 0 Å². The van der Waals surface area contributed by atoms with Crippen molar-refractivity contribution >= 4 is 16.3 Å². The standard InChI is InChI=1S/C10H23N2.Al/c1-6-11(7-2)10(5)12(8-3)9-4;/h10H,5-9H2,1-4H3;. The smallest absolute Gasteiger partial charge is 0.122 e. The average Bonchev–Trinajstić information content (AvgIpc) is 2.18. The highest BCUT2D eigenvalue weighted by molar-refractivity contribution is 6.08. The van der Waals surface area contributed by atoms with E-state index in [-0.39, 0.29) is 0 Å². The lowest BCUT2D eigenvalue weighted by Gasteiger charge is -2.37. The quantitative estimate of drug-likeness (QED) is 0.453. The van der Waals surface area contributed by atoms with Crippen LogP contribution in [0.1, 0.15) is 27.7 Å². The lowest BCUT2D eigenvalue weighted by molar-refractivity contribution is 0.0716. The molecule has 0 aliphatic carbocycles. The van der Waals surface area contributed by atoms with Gasteiger partial charge in [0.1, 0.15) is 16.3 Å². The fourth-order valence-corrected chi connectivity index (χ4v) is 2.42. The summed E-state index contributed by atoms with van der Waals surface area (Å²) in [5.74, 6) is 0. The number of hydrogen-bond acceptors (Lipinski definition) is 2. The van der Waals surface area contributed by atoms with E-state index in [4.69, 9.17) is 0 Å². The first-order valence-corrected chi connectivity index (χ1v) is 6.24. The fraction of sp³-hybridized carbons (Fsp3) is 1.00. The van der Waals surface area contributed by atoms with Crippen LogP contribution in [0.25, 0.3) is 0 Å². The van der Waals surface area contributed by atoms with E-state index in [9.17, 15) is 0 Å². The second kappa shape index (κ2) is 7.82. The van der Waals surface area contributed by atoms with E-state index in [0.717, 1.165) is 31.5 Å². The molecule has 0 rings (SSSR count). The molecule has 0 aromatic heterocycles. The lowest BCUT2D eigenvalue weighted by Crippen LogP contribution is -2.47. The summed E-state index contributed by atoms with van der Waals surface area (Å²) < 4.78 is 0. The summed E-state index contributed by atoms with van der Waals surface area (Å²) in [6.07, 6.45) is 0.606. The van der Waals surface area contributed by atoms with E-state index < -0.39 is 0 Å². The van der Waals surface area contributed by atoms with Gasteiger partial charge in [0.15, 0.2) is 0 Å². The molecule has 0 spiro atoms. The van der Waals surface area contributed by atoms with Crippen molar-refractivity contribution in [3.8, 4) is 0 Å². The summed E-state index contributed by atoms with van der Waals surface area (Å²) in [5, 5.41) is 1.14. The van der Waals surface area contributed by atoms with Crippen LogP contribution >= 0.6 is 0 Å². The molecule has 13 heavy (non-hydrogen) atoms. The van der Waals surface area contributed by atoms with Crippen molar-refractivity contribution in [3.63, 3.8) is 0 Å². The first-order valence-electron chi connectivity index (χ1n) is 5.43. The van der Waals surface area contributed by atoms with Crippen molar-refractivity contribution in [1.82, 2.24) is 9.80 Å². The Hall–Kier alpha value is 0.452. The molecule has 0 unspecified atom stereocenters. The van der Waals surface area contributed by atoms with E-state index in [0.29, 0.717) is 6.17 Å². The maximum absolute atomic E-state index is 2.86. The number of nitrogens with zero attached hydrogens (tertiary/aromatic N) is 2. The molecule has 0 aromatic rings. The molecule has 0 N–H and O–H groups in total. The Morgan fingerprint density at radius 1 is 0.846 bits per heavy atom. The third-order valence-corrected chi connectivity index (χ3v) is 3.10. The van der Waals surface area contributed by atoms with E-state index in [2.05, 4.69) is 53.8 Å². The second-order valence-corrected chi connectivity index (χ2v) is 3.63. The minimum atomic E-state index is 0.606. The van der Waals surface area contributed by atoms with Gasteiger partial charge < -0.3 is 0 Å². The van der Waals surface area contributed by atoms with Gasteiger partial charge in [0.2, 0.25) is 0 Å². The summed E-state index contributed by atoms with van der Waals surface area (Å²) in [4.78, 5) is 5.03. The van der Waals surface area contributed by atoms with Gasteiger partial charge in [-0.05, 0) is 26.2 Å². The predicted octanol–water partition coefficient (Wildman–Crippen LogP) is 1.58. The molecule has 3 heteroatoms. The number of rotatable bonds is 7. The Balaban J connectivity index is 4.26. The molecule has 76 valence electrons. The van der Waals surface area contributed by atoms with Crippen LogP contribution in [0.3, 0.4) is 0 Å². The molecular weight excluding hydrogens is 175 g/mol. The highest BCUT2D eigenvalue weighted by Crippen LogP contribution is 2.08. The largest absolute Gasteiger partial charge is 0.290 e. The summed E-state index contributed by atoms with van der Waals surface area (Å²) in [6, 6.07) is 0. The Labute approximate surface area is 91.7 Å². The van der Waals surface area contributed by atoms with Crippen molar-refractivity contribution in [2.24, 2.45) is 0 Å². The highest BCUT2D eigenvalue weighted by atomic mass is 27.0. The Morgan fingerprint density at radius 2 is 1.15 bits per heavy atom. The van der Waals surface area contributed by atoms with Gasteiger partial charge in [0, 0.05) is 6.17 Å². The first-order chi connectivity index (χ1) is 6.24. The van der Waals surface area contributed by atoms with E-state index in [1.165, 1.54) is 0 Å². The van der Waals surface area contributed by atoms with Crippen LogP contribution in [0.4, 0.5) is 0 Å². The molecular formula is C10H23AlN2. The number of hydrogen-bond donors (Lipinski definition) is 0. The van der Waals surface area contributed by atoms with Crippen LogP contribution in [0, 0.1) is 0 Å². The van der Waals surface area contributed by atoms with E-state index in [1.54, 1.807) is 0 Å². The first kappa shape index (κ1) is 13.5. The molecule has 2 radical (unpaired) electrons. The van der Waals surface area contributed by atoms with E-state index in [1.807, 2.05) is 0 Å². The fourth-order valence-electron chi connectivity index (χ4n) is 1.82. The average molecular weight is 198 g/mol. The minimum Gasteiger partial charge on any atom is -0.290 e. The Morgan fingerprint density at radius 3 is 1.31 bits per heavy atom. The SMILES string of the molecule is CCN(CC)C([CH2][Al])N(CC)CC. The van der Waals surface area contributed by atoms with Gasteiger partial charge in [-0.25, -0.2) is 0 Å². The zero-order chi connectivity index (χ0) is 10.3. The molecule has 0 bridgehead atoms. The van der Waals surface area contributed by atoms with Crippen LogP contribution in [0.2, 0.25) is 5.28 Å². The van der Waals surface area contributed by atoms with Crippen molar-refractivity contribution in [3.05, 3.63) is 0 Å². The summed E-state index contributed by atoms with van der Waals surface area (Å²) >= 11 is 2.86. The lowest BCUT2D eigenvalue weighted by atomic mass is 10.3. The van der Waals surface area contributed by atoms with Gasteiger partial charge in [0.25, 0.3) is 0 Å². The van der Waals surface area contributed by atoms with Crippen molar-refractivity contribution in [2.45, 2.75) is 39.1 Å². The summed E-state index contributed by atoms with van der Waals surface area (Å²) in [6.45, 7) is 13.5. The molecule has 2 nitrogen and oxygen atoms in total. The zero-order valence-corrected chi connectivity index (χ0v) is 10.7. The van der Waals surface area contributed by atoms with Crippen LogP contribution < -0.4 is 0 Å². The van der Waals surface area contributed by atoms with Gasteiger partial charge in [-0.15, -0.1) is 0 Å². The molecule has 0 amide bonds. The minimum absolute atomic E-state index is 0.606. The van der Waals surface area contributed by atoms with Crippen LogP contribution in [0.5, 0.6) is 0 Å². The van der Waals surface area contributed by atoms with Gasteiger partial charge in [0.05, 0.1) is 0 Å². The molecule has 0 saturated carbocycles. The van der Waals surface area contributed by atoms with Gasteiger partial charge in [-0.1, -0.05) is 33.0 Å². The third kappa shape index (κ3) is 4.00. The molecule has 0 heterocycles. The molecule has 0 aliphatic rings. The monoisotopic (exact) mass is 198 g/mol. The zero-order valence-electron chi connectivity index (χ0n) is 9.58. The molecule has 0 aromatic carbocycles. The second-order valence-electron chi connectivity index (χ2n) is 3.16. The van der Waals surface area contributed by atoms with Crippen molar-refractivity contribution < 1.29 is 0 Å².